The summed E-state index contributed by atoms with van der Waals surface area (Å²) in [5.74, 6) is 0.212. The van der Waals surface area contributed by atoms with E-state index in [0.29, 0.717) is 23.3 Å². The zero-order valence-corrected chi connectivity index (χ0v) is 11.4. The topological polar surface area (TPSA) is 43.4 Å². The van der Waals surface area contributed by atoms with E-state index in [1.165, 1.54) is 0 Å². The third-order valence-electron chi connectivity index (χ3n) is 2.63. The minimum atomic E-state index is -0.506. The Kier molecular flexibility index (Phi) is 5.86. The first-order valence-corrected chi connectivity index (χ1v) is 6.43. The molecule has 0 saturated carbocycles. The van der Waals surface area contributed by atoms with Crippen molar-refractivity contribution in [1.29, 1.82) is 0 Å². The highest BCUT2D eigenvalue weighted by molar-refractivity contribution is 6.67. The minimum absolute atomic E-state index is 0.243. The maximum Gasteiger partial charge on any atom is 0.311 e. The lowest BCUT2D eigenvalue weighted by Crippen LogP contribution is -2.08. The van der Waals surface area contributed by atoms with E-state index < -0.39 is 5.24 Å². The van der Waals surface area contributed by atoms with Crippen LogP contribution in [0, 0.1) is 6.92 Å². The van der Waals surface area contributed by atoms with Gasteiger partial charge < -0.3 is 4.74 Å². The second kappa shape index (κ2) is 7.17. The summed E-state index contributed by atoms with van der Waals surface area (Å²) in [5.41, 5.74) is 1.14. The second-order valence-electron chi connectivity index (χ2n) is 4.18. The highest BCUT2D eigenvalue weighted by atomic mass is 35.5. The molecule has 0 unspecified atom stereocenters. The average molecular weight is 269 g/mol. The number of esters is 1. The summed E-state index contributed by atoms with van der Waals surface area (Å²) in [4.78, 5) is 22.5. The zero-order valence-electron chi connectivity index (χ0n) is 10.7. The van der Waals surface area contributed by atoms with Gasteiger partial charge in [0, 0.05) is 12.0 Å². The van der Waals surface area contributed by atoms with Crippen molar-refractivity contribution >= 4 is 22.8 Å². The number of unbranched alkanes of at least 4 members (excludes halogenated alkanes) is 2. The van der Waals surface area contributed by atoms with Gasteiger partial charge in [-0.2, -0.15) is 0 Å². The Balaban J connectivity index is 2.60. The zero-order chi connectivity index (χ0) is 13.5. The third kappa shape index (κ3) is 4.49. The van der Waals surface area contributed by atoms with E-state index in [9.17, 15) is 9.59 Å². The van der Waals surface area contributed by atoms with Crippen LogP contribution >= 0.6 is 11.6 Å². The Hall–Kier alpha value is -1.35. The summed E-state index contributed by atoms with van der Waals surface area (Å²) < 4.78 is 5.18. The highest BCUT2D eigenvalue weighted by Crippen LogP contribution is 2.19. The molecular weight excluding hydrogens is 252 g/mol. The van der Waals surface area contributed by atoms with Crippen molar-refractivity contribution < 1.29 is 14.3 Å². The molecule has 0 heterocycles. The lowest BCUT2D eigenvalue weighted by Gasteiger charge is -2.06. The lowest BCUT2D eigenvalue weighted by molar-refractivity contribution is -0.134. The van der Waals surface area contributed by atoms with Gasteiger partial charge in [-0.05, 0) is 48.7 Å². The average Bonchev–Trinajstić information content (AvgIpc) is 2.28. The molecule has 4 heteroatoms. The number of ether oxygens (including phenoxy) is 1. The van der Waals surface area contributed by atoms with E-state index in [2.05, 4.69) is 6.92 Å². The summed E-state index contributed by atoms with van der Waals surface area (Å²) in [6.07, 6.45) is 3.35. The quantitative estimate of drug-likeness (QED) is 0.341. The molecule has 0 saturated heterocycles. The molecule has 0 aromatic heterocycles. The van der Waals surface area contributed by atoms with E-state index in [1.807, 2.05) is 0 Å². The third-order valence-corrected chi connectivity index (χ3v) is 2.83. The van der Waals surface area contributed by atoms with Gasteiger partial charge in [0.15, 0.2) is 0 Å². The predicted octanol–water partition coefficient (Wildman–Crippen LogP) is 3.86. The summed E-state index contributed by atoms with van der Waals surface area (Å²) in [6, 6.07) is 4.80. The van der Waals surface area contributed by atoms with Gasteiger partial charge in [0.2, 0.25) is 0 Å². The molecule has 0 bridgehead atoms. The maximum absolute atomic E-state index is 11.5. The van der Waals surface area contributed by atoms with E-state index in [1.54, 1.807) is 25.1 Å². The van der Waals surface area contributed by atoms with Crippen molar-refractivity contribution in [1.82, 2.24) is 0 Å². The fourth-order valence-electron chi connectivity index (χ4n) is 1.62. The monoisotopic (exact) mass is 268 g/mol. The van der Waals surface area contributed by atoms with Crippen LogP contribution in [0.5, 0.6) is 5.75 Å². The molecule has 0 fully saturated rings. The number of halogens is 1. The van der Waals surface area contributed by atoms with Gasteiger partial charge in [-0.3, -0.25) is 9.59 Å². The standard InChI is InChI=1S/C14H17ClO3/c1-3-4-5-6-13(16)18-11-7-8-12(14(15)17)10(2)9-11/h7-9H,3-6H2,1-2H3. The summed E-state index contributed by atoms with van der Waals surface area (Å²) in [6.45, 7) is 3.83. The van der Waals surface area contributed by atoms with Crippen LogP contribution in [0.1, 0.15) is 48.5 Å². The lowest BCUT2D eigenvalue weighted by atomic mass is 10.1. The number of hydrogen-bond donors (Lipinski definition) is 0. The number of carbonyl (C=O) groups is 2. The first-order chi connectivity index (χ1) is 8.54. The van der Waals surface area contributed by atoms with Crippen molar-refractivity contribution in [2.45, 2.75) is 39.5 Å². The maximum atomic E-state index is 11.5. The molecule has 0 aliphatic rings. The predicted molar refractivity (Wildman–Crippen MR) is 71.1 cm³/mol. The normalized spacial score (nSPS) is 10.2. The fourth-order valence-corrected chi connectivity index (χ4v) is 1.83. The van der Waals surface area contributed by atoms with Crippen LogP contribution < -0.4 is 4.74 Å². The number of carbonyl (C=O) groups excluding carboxylic acids is 2. The van der Waals surface area contributed by atoms with Gasteiger partial charge in [0.1, 0.15) is 5.75 Å². The molecule has 1 aromatic rings. The Labute approximate surface area is 112 Å². The van der Waals surface area contributed by atoms with Gasteiger partial charge in [0.05, 0.1) is 0 Å². The Morgan fingerprint density at radius 3 is 2.56 bits per heavy atom. The fraction of sp³-hybridized carbons (Fsp3) is 0.429. The Morgan fingerprint density at radius 1 is 1.28 bits per heavy atom. The van der Waals surface area contributed by atoms with Crippen LogP contribution in [-0.4, -0.2) is 11.2 Å². The first-order valence-electron chi connectivity index (χ1n) is 6.05. The first kappa shape index (κ1) is 14.7. The molecule has 0 aliphatic carbocycles. The molecule has 98 valence electrons. The van der Waals surface area contributed by atoms with Crippen LogP contribution in [0.4, 0.5) is 0 Å². The van der Waals surface area contributed by atoms with Gasteiger partial charge in [-0.1, -0.05) is 19.8 Å². The number of benzene rings is 1. The van der Waals surface area contributed by atoms with Crippen LogP contribution in [0.2, 0.25) is 0 Å². The van der Waals surface area contributed by atoms with Crippen LogP contribution in [0.3, 0.4) is 0 Å². The molecule has 0 amide bonds. The minimum Gasteiger partial charge on any atom is -0.427 e. The Morgan fingerprint density at radius 2 is 2.00 bits per heavy atom. The second-order valence-corrected chi connectivity index (χ2v) is 4.52. The molecular formula is C14H17ClO3. The summed E-state index contributed by atoms with van der Waals surface area (Å²) >= 11 is 5.40. The van der Waals surface area contributed by atoms with Crippen molar-refractivity contribution in [2.24, 2.45) is 0 Å². The van der Waals surface area contributed by atoms with Gasteiger partial charge in [-0.15, -0.1) is 0 Å². The summed E-state index contributed by atoms with van der Waals surface area (Å²) in [7, 11) is 0. The molecule has 0 aliphatic heterocycles. The van der Waals surface area contributed by atoms with E-state index in [0.717, 1.165) is 19.3 Å². The molecule has 0 N–H and O–H groups in total. The SMILES string of the molecule is CCCCCC(=O)Oc1ccc(C(=O)Cl)c(C)c1. The molecule has 0 spiro atoms. The van der Waals surface area contributed by atoms with E-state index in [-0.39, 0.29) is 5.97 Å². The molecule has 1 aromatic carbocycles. The number of hydrogen-bond acceptors (Lipinski definition) is 3. The van der Waals surface area contributed by atoms with Gasteiger partial charge in [0.25, 0.3) is 5.24 Å². The van der Waals surface area contributed by atoms with Crippen molar-refractivity contribution in [3.63, 3.8) is 0 Å². The molecule has 3 nitrogen and oxygen atoms in total. The molecule has 18 heavy (non-hydrogen) atoms. The molecule has 0 atom stereocenters. The molecule has 0 radical (unpaired) electrons. The van der Waals surface area contributed by atoms with Crippen molar-refractivity contribution in [3.8, 4) is 5.75 Å². The van der Waals surface area contributed by atoms with E-state index in [4.69, 9.17) is 16.3 Å². The van der Waals surface area contributed by atoms with E-state index >= 15 is 0 Å². The van der Waals surface area contributed by atoms with Gasteiger partial charge in [-0.25, -0.2) is 0 Å². The number of rotatable bonds is 6. The highest BCUT2D eigenvalue weighted by Gasteiger charge is 2.09. The largest absolute Gasteiger partial charge is 0.427 e. The molecule has 1 rings (SSSR count). The Bertz CT molecular complexity index is 441. The van der Waals surface area contributed by atoms with Crippen LogP contribution in [-0.2, 0) is 4.79 Å². The van der Waals surface area contributed by atoms with Crippen molar-refractivity contribution in [3.05, 3.63) is 29.3 Å². The van der Waals surface area contributed by atoms with Crippen LogP contribution in [0.25, 0.3) is 0 Å². The number of aryl methyl sites for hydroxylation is 1. The summed E-state index contributed by atoms with van der Waals surface area (Å²) in [5, 5.41) is -0.506. The van der Waals surface area contributed by atoms with Crippen LogP contribution in [0.15, 0.2) is 18.2 Å². The smallest absolute Gasteiger partial charge is 0.311 e. The van der Waals surface area contributed by atoms with Crippen molar-refractivity contribution in [2.75, 3.05) is 0 Å². The van der Waals surface area contributed by atoms with Gasteiger partial charge >= 0.3 is 5.97 Å².